The van der Waals surface area contributed by atoms with Crippen molar-refractivity contribution in [1.29, 1.82) is 0 Å². The fourth-order valence-corrected chi connectivity index (χ4v) is 1.19. The zero-order chi connectivity index (χ0) is 9.68. The molecule has 0 spiro atoms. The summed E-state index contributed by atoms with van der Waals surface area (Å²) in [6.45, 7) is 2.62. The first-order valence-electron chi connectivity index (χ1n) is 4.32. The van der Waals surface area contributed by atoms with Crippen LogP contribution in [0.15, 0.2) is 18.3 Å². The number of carbonyl (C=O) groups excluding carboxylic acids is 1. The van der Waals surface area contributed by atoms with Crippen molar-refractivity contribution in [1.82, 2.24) is 10.3 Å². The van der Waals surface area contributed by atoms with E-state index in [9.17, 15) is 4.79 Å². The molecule has 0 aromatic carbocycles. The third-order valence-electron chi connectivity index (χ3n) is 1.94. The highest BCUT2D eigenvalue weighted by molar-refractivity contribution is 5.72. The number of amides is 1. The summed E-state index contributed by atoms with van der Waals surface area (Å²) in [5, 5.41) is 2.75. The highest BCUT2D eigenvalue weighted by Crippen LogP contribution is 2.09. The van der Waals surface area contributed by atoms with E-state index in [1.807, 2.05) is 18.3 Å². The Morgan fingerprint density at radius 2 is 2.54 bits per heavy atom. The number of aromatic nitrogens is 1. The van der Waals surface area contributed by atoms with E-state index in [0.717, 1.165) is 5.69 Å². The second kappa shape index (κ2) is 4.67. The lowest BCUT2D eigenvalue weighted by Crippen LogP contribution is -2.29. The average molecular weight is 181 g/mol. The SMILES string of the molecule is CC(=O)NCC(CN)c1ccc[nH]1. The molecule has 4 heteroatoms. The first kappa shape index (κ1) is 9.80. The normalized spacial score (nSPS) is 12.5. The van der Waals surface area contributed by atoms with Crippen molar-refractivity contribution in [3.8, 4) is 0 Å². The minimum absolute atomic E-state index is 0.0231. The maximum absolute atomic E-state index is 10.7. The van der Waals surface area contributed by atoms with E-state index < -0.39 is 0 Å². The van der Waals surface area contributed by atoms with Crippen LogP contribution < -0.4 is 11.1 Å². The molecule has 4 nitrogen and oxygen atoms in total. The fourth-order valence-electron chi connectivity index (χ4n) is 1.19. The molecule has 0 aliphatic carbocycles. The van der Waals surface area contributed by atoms with Gasteiger partial charge in [0.2, 0.25) is 5.91 Å². The number of nitrogens with two attached hydrogens (primary N) is 1. The van der Waals surface area contributed by atoms with Crippen molar-refractivity contribution >= 4 is 5.91 Å². The van der Waals surface area contributed by atoms with Crippen LogP contribution in [0.3, 0.4) is 0 Å². The topological polar surface area (TPSA) is 70.9 Å². The van der Waals surface area contributed by atoms with Crippen LogP contribution in [0.5, 0.6) is 0 Å². The molecule has 1 heterocycles. The molecule has 1 atom stereocenters. The van der Waals surface area contributed by atoms with Gasteiger partial charge in [0.15, 0.2) is 0 Å². The summed E-state index contributed by atoms with van der Waals surface area (Å²) in [5.41, 5.74) is 6.64. The first-order chi connectivity index (χ1) is 6.24. The molecule has 0 saturated heterocycles. The zero-order valence-electron chi connectivity index (χ0n) is 7.71. The Labute approximate surface area is 77.5 Å². The van der Waals surface area contributed by atoms with Crippen LogP contribution in [0.1, 0.15) is 18.5 Å². The van der Waals surface area contributed by atoms with Crippen LogP contribution in [0, 0.1) is 0 Å². The summed E-state index contributed by atoms with van der Waals surface area (Å²) < 4.78 is 0. The molecule has 1 rings (SSSR count). The van der Waals surface area contributed by atoms with Gasteiger partial charge < -0.3 is 16.0 Å². The van der Waals surface area contributed by atoms with Crippen LogP contribution in [-0.4, -0.2) is 24.0 Å². The highest BCUT2D eigenvalue weighted by Gasteiger charge is 2.09. The van der Waals surface area contributed by atoms with Gasteiger partial charge in [-0.15, -0.1) is 0 Å². The molecule has 13 heavy (non-hydrogen) atoms. The molecule has 0 radical (unpaired) electrons. The van der Waals surface area contributed by atoms with Crippen LogP contribution in [0.2, 0.25) is 0 Å². The Balaban J connectivity index is 2.49. The first-order valence-corrected chi connectivity index (χ1v) is 4.32. The summed E-state index contributed by atoms with van der Waals surface area (Å²) >= 11 is 0. The number of hydrogen-bond donors (Lipinski definition) is 3. The summed E-state index contributed by atoms with van der Waals surface area (Å²) in [4.78, 5) is 13.8. The zero-order valence-corrected chi connectivity index (χ0v) is 7.71. The lowest BCUT2D eigenvalue weighted by atomic mass is 10.1. The molecular formula is C9H15N3O. The predicted molar refractivity (Wildman–Crippen MR) is 51.3 cm³/mol. The van der Waals surface area contributed by atoms with Gasteiger partial charge in [-0.05, 0) is 12.1 Å². The lowest BCUT2D eigenvalue weighted by molar-refractivity contribution is -0.119. The fraction of sp³-hybridized carbons (Fsp3) is 0.444. The third-order valence-corrected chi connectivity index (χ3v) is 1.94. The second-order valence-electron chi connectivity index (χ2n) is 3.00. The van der Waals surface area contributed by atoms with Gasteiger partial charge in [0.1, 0.15) is 0 Å². The van der Waals surface area contributed by atoms with Crippen molar-refractivity contribution in [2.45, 2.75) is 12.8 Å². The maximum Gasteiger partial charge on any atom is 0.216 e. The van der Waals surface area contributed by atoms with E-state index in [0.29, 0.717) is 13.1 Å². The molecule has 72 valence electrons. The van der Waals surface area contributed by atoms with Crippen molar-refractivity contribution in [3.05, 3.63) is 24.0 Å². The molecular weight excluding hydrogens is 166 g/mol. The standard InChI is InChI=1S/C9H15N3O/c1-7(13)12-6-8(5-10)9-3-2-4-11-9/h2-4,8,11H,5-6,10H2,1H3,(H,12,13). The minimum atomic E-state index is -0.0231. The largest absolute Gasteiger partial charge is 0.365 e. The number of nitrogens with one attached hydrogen (secondary N) is 2. The molecule has 1 aromatic heterocycles. The van der Waals surface area contributed by atoms with E-state index >= 15 is 0 Å². The monoisotopic (exact) mass is 181 g/mol. The van der Waals surface area contributed by atoms with E-state index in [1.165, 1.54) is 6.92 Å². The van der Waals surface area contributed by atoms with Crippen molar-refractivity contribution in [2.75, 3.05) is 13.1 Å². The van der Waals surface area contributed by atoms with Gasteiger partial charge in [-0.3, -0.25) is 4.79 Å². The maximum atomic E-state index is 10.7. The highest BCUT2D eigenvalue weighted by atomic mass is 16.1. The summed E-state index contributed by atoms with van der Waals surface area (Å²) in [6, 6.07) is 3.89. The lowest BCUT2D eigenvalue weighted by Gasteiger charge is -2.13. The van der Waals surface area contributed by atoms with Gasteiger partial charge in [-0.1, -0.05) is 0 Å². The Kier molecular flexibility index (Phi) is 3.52. The van der Waals surface area contributed by atoms with Gasteiger partial charge >= 0.3 is 0 Å². The second-order valence-corrected chi connectivity index (χ2v) is 3.00. The Bertz CT molecular complexity index is 256. The molecule has 0 aliphatic heterocycles. The number of aromatic amines is 1. The number of H-pyrrole nitrogens is 1. The molecule has 0 fully saturated rings. The average Bonchev–Trinajstić information content (AvgIpc) is 2.58. The molecule has 1 unspecified atom stereocenters. The summed E-state index contributed by atoms with van der Waals surface area (Å²) in [5.74, 6) is 0.156. The van der Waals surface area contributed by atoms with Gasteiger partial charge in [-0.25, -0.2) is 0 Å². The van der Waals surface area contributed by atoms with Crippen LogP contribution >= 0.6 is 0 Å². The van der Waals surface area contributed by atoms with E-state index in [2.05, 4.69) is 10.3 Å². The third kappa shape index (κ3) is 2.91. The Morgan fingerprint density at radius 1 is 1.77 bits per heavy atom. The molecule has 0 aliphatic rings. The number of hydrogen-bond acceptors (Lipinski definition) is 2. The summed E-state index contributed by atoms with van der Waals surface area (Å²) in [6.07, 6.45) is 1.85. The van der Waals surface area contributed by atoms with E-state index in [1.54, 1.807) is 0 Å². The molecule has 0 saturated carbocycles. The molecule has 0 bridgehead atoms. The van der Waals surface area contributed by atoms with Crippen LogP contribution in [0.4, 0.5) is 0 Å². The van der Waals surface area contributed by atoms with Crippen molar-refractivity contribution in [2.24, 2.45) is 5.73 Å². The van der Waals surface area contributed by atoms with Gasteiger partial charge in [0.25, 0.3) is 0 Å². The van der Waals surface area contributed by atoms with Gasteiger partial charge in [0.05, 0.1) is 0 Å². The number of rotatable bonds is 4. The van der Waals surface area contributed by atoms with Crippen molar-refractivity contribution < 1.29 is 4.79 Å². The molecule has 1 aromatic rings. The molecule has 1 amide bonds. The quantitative estimate of drug-likeness (QED) is 0.620. The Morgan fingerprint density at radius 3 is 3.00 bits per heavy atom. The number of carbonyl (C=O) groups is 1. The van der Waals surface area contributed by atoms with Gasteiger partial charge in [-0.2, -0.15) is 0 Å². The predicted octanol–water partition coefficient (Wildman–Crippen LogP) is 0.193. The van der Waals surface area contributed by atoms with Crippen LogP contribution in [-0.2, 0) is 4.79 Å². The molecule has 4 N–H and O–H groups in total. The van der Waals surface area contributed by atoms with E-state index in [-0.39, 0.29) is 11.8 Å². The van der Waals surface area contributed by atoms with Crippen LogP contribution in [0.25, 0.3) is 0 Å². The Hall–Kier alpha value is -1.29. The minimum Gasteiger partial charge on any atom is -0.365 e. The van der Waals surface area contributed by atoms with Gasteiger partial charge in [0, 0.05) is 37.8 Å². The van der Waals surface area contributed by atoms with Crippen molar-refractivity contribution in [3.63, 3.8) is 0 Å². The smallest absolute Gasteiger partial charge is 0.216 e. The van der Waals surface area contributed by atoms with E-state index in [4.69, 9.17) is 5.73 Å². The summed E-state index contributed by atoms with van der Waals surface area (Å²) in [7, 11) is 0.